The number of halogens is 1. The van der Waals surface area contributed by atoms with E-state index in [1.807, 2.05) is 0 Å². The molecule has 3 aromatic rings. The highest BCUT2D eigenvalue weighted by atomic mass is 79.9. The van der Waals surface area contributed by atoms with Crippen molar-refractivity contribution >= 4 is 44.1 Å². The van der Waals surface area contributed by atoms with Crippen LogP contribution in [0.15, 0.2) is 43.7 Å². The molecule has 7 heteroatoms. The molecule has 0 amide bonds. The molecule has 20 heavy (non-hydrogen) atoms. The molecule has 0 saturated heterocycles. The SMILES string of the molecule is O=C(c1ccc2[nH]c(=O)c(=O)[nH]c2c1)c1ccc(Br)s1. The van der Waals surface area contributed by atoms with E-state index in [0.717, 1.165) is 3.79 Å². The molecule has 0 fully saturated rings. The third kappa shape index (κ3) is 2.25. The molecular weight excluding hydrogens is 344 g/mol. The molecule has 0 radical (unpaired) electrons. The Hall–Kier alpha value is -1.99. The molecule has 0 saturated carbocycles. The first-order valence-electron chi connectivity index (χ1n) is 5.61. The molecule has 0 aliphatic carbocycles. The fourth-order valence-electron chi connectivity index (χ4n) is 1.83. The molecule has 100 valence electrons. The molecular formula is C13H7BrN2O3S. The van der Waals surface area contributed by atoms with E-state index in [2.05, 4.69) is 25.9 Å². The number of thiophene rings is 1. The first kappa shape index (κ1) is 13.0. The van der Waals surface area contributed by atoms with Crippen LogP contribution < -0.4 is 11.1 Å². The van der Waals surface area contributed by atoms with Crippen LogP contribution in [0.5, 0.6) is 0 Å². The minimum Gasteiger partial charge on any atom is -0.316 e. The summed E-state index contributed by atoms with van der Waals surface area (Å²) < 4.78 is 0.874. The second kappa shape index (κ2) is 4.84. The highest BCUT2D eigenvalue weighted by Crippen LogP contribution is 2.25. The molecule has 1 aromatic carbocycles. The van der Waals surface area contributed by atoms with Crippen molar-refractivity contribution < 1.29 is 4.79 Å². The predicted molar refractivity (Wildman–Crippen MR) is 80.6 cm³/mol. The fraction of sp³-hybridized carbons (Fsp3) is 0. The Labute approximate surface area is 124 Å². The maximum Gasteiger partial charge on any atom is 0.314 e. The van der Waals surface area contributed by atoms with E-state index < -0.39 is 11.1 Å². The van der Waals surface area contributed by atoms with E-state index in [1.165, 1.54) is 11.3 Å². The van der Waals surface area contributed by atoms with E-state index in [1.54, 1.807) is 30.3 Å². The summed E-state index contributed by atoms with van der Waals surface area (Å²) in [5.74, 6) is -0.130. The number of hydrogen-bond donors (Lipinski definition) is 2. The summed E-state index contributed by atoms with van der Waals surface area (Å²) in [5, 5.41) is 0. The zero-order chi connectivity index (χ0) is 14.3. The molecule has 0 aliphatic rings. The van der Waals surface area contributed by atoms with Crippen molar-refractivity contribution in [2.45, 2.75) is 0 Å². The van der Waals surface area contributed by atoms with Crippen molar-refractivity contribution in [2.24, 2.45) is 0 Å². The minimum atomic E-state index is -0.735. The van der Waals surface area contributed by atoms with Crippen LogP contribution in [0, 0.1) is 0 Å². The number of ketones is 1. The molecule has 0 bridgehead atoms. The summed E-state index contributed by atoms with van der Waals surface area (Å²) in [7, 11) is 0. The van der Waals surface area contributed by atoms with E-state index in [9.17, 15) is 14.4 Å². The molecule has 0 aliphatic heterocycles. The van der Waals surface area contributed by atoms with E-state index in [4.69, 9.17) is 0 Å². The predicted octanol–water partition coefficient (Wildman–Crippen LogP) is 2.27. The van der Waals surface area contributed by atoms with Gasteiger partial charge in [-0.05, 0) is 46.3 Å². The van der Waals surface area contributed by atoms with Gasteiger partial charge in [0.2, 0.25) is 5.78 Å². The lowest BCUT2D eigenvalue weighted by molar-refractivity contribution is 0.104. The third-order valence-electron chi connectivity index (χ3n) is 2.78. The van der Waals surface area contributed by atoms with Gasteiger partial charge in [-0.25, -0.2) is 0 Å². The number of aromatic nitrogens is 2. The van der Waals surface area contributed by atoms with Crippen LogP contribution in [0.3, 0.4) is 0 Å². The highest BCUT2D eigenvalue weighted by Gasteiger charge is 2.12. The summed E-state index contributed by atoms with van der Waals surface area (Å²) >= 11 is 4.65. The quantitative estimate of drug-likeness (QED) is 0.549. The van der Waals surface area contributed by atoms with Gasteiger partial charge in [0.1, 0.15) is 0 Å². The standard InChI is InChI=1S/C13H7BrN2O3S/c14-10-4-3-9(20-10)11(17)6-1-2-7-8(5-6)16-13(19)12(18)15-7/h1-5H,(H,15,18)(H,16,19). The normalized spacial score (nSPS) is 10.8. The first-order chi connectivity index (χ1) is 9.54. The Morgan fingerprint density at radius 3 is 2.35 bits per heavy atom. The average Bonchev–Trinajstić information content (AvgIpc) is 2.85. The van der Waals surface area contributed by atoms with Gasteiger partial charge in [0.05, 0.1) is 19.7 Å². The second-order valence-corrected chi connectivity index (χ2v) is 6.56. The van der Waals surface area contributed by atoms with Crippen molar-refractivity contribution in [1.82, 2.24) is 9.97 Å². The van der Waals surface area contributed by atoms with Crippen molar-refractivity contribution in [3.05, 3.63) is 65.3 Å². The lowest BCUT2D eigenvalue weighted by atomic mass is 10.1. The number of benzene rings is 1. The van der Waals surface area contributed by atoms with Crippen molar-refractivity contribution in [3.63, 3.8) is 0 Å². The number of carbonyl (C=O) groups is 1. The maximum absolute atomic E-state index is 12.3. The van der Waals surface area contributed by atoms with E-state index in [0.29, 0.717) is 21.5 Å². The number of carbonyl (C=O) groups excluding carboxylic acids is 1. The molecule has 2 aromatic heterocycles. The van der Waals surface area contributed by atoms with Crippen molar-refractivity contribution in [2.75, 3.05) is 0 Å². The van der Waals surface area contributed by atoms with Gasteiger partial charge in [0, 0.05) is 5.56 Å². The minimum absolute atomic E-state index is 0.130. The third-order valence-corrected chi connectivity index (χ3v) is 4.40. The zero-order valence-electron chi connectivity index (χ0n) is 9.90. The van der Waals surface area contributed by atoms with Crippen LogP contribution in [0.25, 0.3) is 11.0 Å². The number of aromatic amines is 2. The van der Waals surface area contributed by atoms with Crippen LogP contribution in [0.4, 0.5) is 0 Å². The number of nitrogens with one attached hydrogen (secondary N) is 2. The van der Waals surface area contributed by atoms with Crippen LogP contribution in [-0.2, 0) is 0 Å². The maximum atomic E-state index is 12.3. The Morgan fingerprint density at radius 2 is 1.70 bits per heavy atom. The summed E-state index contributed by atoms with van der Waals surface area (Å²) in [6.45, 7) is 0. The van der Waals surface area contributed by atoms with Gasteiger partial charge < -0.3 is 9.97 Å². The lowest BCUT2D eigenvalue weighted by Gasteiger charge is -2.01. The summed E-state index contributed by atoms with van der Waals surface area (Å²) in [4.78, 5) is 40.3. The Bertz CT molecular complexity index is 938. The molecule has 5 nitrogen and oxygen atoms in total. The van der Waals surface area contributed by atoms with Gasteiger partial charge in [0.15, 0.2) is 0 Å². The van der Waals surface area contributed by atoms with Gasteiger partial charge >= 0.3 is 11.1 Å². The molecule has 2 heterocycles. The van der Waals surface area contributed by atoms with Gasteiger partial charge in [0.25, 0.3) is 0 Å². The number of rotatable bonds is 2. The monoisotopic (exact) mass is 350 g/mol. The van der Waals surface area contributed by atoms with Gasteiger partial charge in [-0.15, -0.1) is 11.3 Å². The number of hydrogen-bond acceptors (Lipinski definition) is 4. The molecule has 0 spiro atoms. The summed E-state index contributed by atoms with van der Waals surface area (Å²) in [6.07, 6.45) is 0. The average molecular weight is 351 g/mol. The van der Waals surface area contributed by atoms with Gasteiger partial charge in [-0.2, -0.15) is 0 Å². The van der Waals surface area contributed by atoms with Gasteiger partial charge in [-0.1, -0.05) is 0 Å². The smallest absolute Gasteiger partial charge is 0.314 e. The van der Waals surface area contributed by atoms with E-state index in [-0.39, 0.29) is 5.78 Å². The van der Waals surface area contributed by atoms with Crippen LogP contribution in [0.2, 0.25) is 0 Å². The lowest BCUT2D eigenvalue weighted by Crippen LogP contribution is -2.28. The molecule has 0 atom stereocenters. The molecule has 2 N–H and O–H groups in total. The fourth-order valence-corrected chi connectivity index (χ4v) is 3.18. The van der Waals surface area contributed by atoms with Gasteiger partial charge in [-0.3, -0.25) is 14.4 Å². The summed E-state index contributed by atoms with van der Waals surface area (Å²) in [5.41, 5.74) is -0.0798. The second-order valence-electron chi connectivity index (χ2n) is 4.10. The molecule has 0 unspecified atom stereocenters. The Morgan fingerprint density at radius 1 is 1.00 bits per heavy atom. The Kier molecular flexibility index (Phi) is 3.15. The summed E-state index contributed by atoms with van der Waals surface area (Å²) in [6, 6.07) is 8.31. The Balaban J connectivity index is 2.13. The van der Waals surface area contributed by atoms with Crippen molar-refractivity contribution in [3.8, 4) is 0 Å². The highest BCUT2D eigenvalue weighted by molar-refractivity contribution is 9.11. The van der Waals surface area contributed by atoms with Crippen LogP contribution >= 0.6 is 27.3 Å². The van der Waals surface area contributed by atoms with Crippen LogP contribution in [-0.4, -0.2) is 15.8 Å². The number of fused-ring (bicyclic) bond motifs is 1. The largest absolute Gasteiger partial charge is 0.316 e. The van der Waals surface area contributed by atoms with Crippen LogP contribution in [0.1, 0.15) is 15.2 Å². The molecule has 3 rings (SSSR count). The number of H-pyrrole nitrogens is 2. The zero-order valence-corrected chi connectivity index (χ0v) is 12.3. The topological polar surface area (TPSA) is 82.8 Å². The van der Waals surface area contributed by atoms with Crippen molar-refractivity contribution in [1.29, 1.82) is 0 Å². The van der Waals surface area contributed by atoms with E-state index >= 15 is 0 Å². The first-order valence-corrected chi connectivity index (χ1v) is 7.22.